The Hall–Kier alpha value is -2.94. The fraction of sp³-hybridized carbons (Fsp3) is 0.0500. The number of nitrogens with zero attached hydrogens (tertiary/aromatic N) is 2. The highest BCUT2D eigenvalue weighted by atomic mass is 19.1. The van der Waals surface area contributed by atoms with Crippen LogP contribution in [0.2, 0.25) is 0 Å². The molecule has 112 valence electrons. The average Bonchev–Trinajstić information content (AvgIpc) is 3.11. The van der Waals surface area contributed by atoms with Crippen LogP contribution in [-0.4, -0.2) is 9.55 Å². The van der Waals surface area contributed by atoms with E-state index in [1.165, 1.54) is 22.9 Å². The molecule has 1 heterocycles. The number of halogens is 1. The van der Waals surface area contributed by atoms with E-state index in [-0.39, 0.29) is 11.9 Å². The van der Waals surface area contributed by atoms with Gasteiger partial charge in [-0.05, 0) is 40.1 Å². The Balaban J connectivity index is 1.88. The lowest BCUT2D eigenvalue weighted by Gasteiger charge is -2.20. The zero-order chi connectivity index (χ0) is 15.6. The van der Waals surface area contributed by atoms with Crippen LogP contribution < -0.4 is 0 Å². The zero-order valence-electron chi connectivity index (χ0n) is 12.4. The molecule has 4 rings (SSSR count). The molecule has 23 heavy (non-hydrogen) atoms. The van der Waals surface area contributed by atoms with E-state index in [0.29, 0.717) is 0 Å². The monoisotopic (exact) mass is 302 g/mol. The number of hydrogen-bond donors (Lipinski definition) is 0. The van der Waals surface area contributed by atoms with E-state index < -0.39 is 0 Å². The predicted molar refractivity (Wildman–Crippen MR) is 89.8 cm³/mol. The number of benzene rings is 3. The average molecular weight is 302 g/mol. The molecule has 4 aromatic rings. The third-order valence-electron chi connectivity index (χ3n) is 4.10. The van der Waals surface area contributed by atoms with Crippen molar-refractivity contribution in [3.63, 3.8) is 0 Å². The highest BCUT2D eigenvalue weighted by Crippen LogP contribution is 2.29. The molecule has 0 saturated carbocycles. The van der Waals surface area contributed by atoms with Crippen molar-refractivity contribution in [1.29, 1.82) is 0 Å². The van der Waals surface area contributed by atoms with Gasteiger partial charge in [0, 0.05) is 12.4 Å². The Morgan fingerprint density at radius 2 is 1.57 bits per heavy atom. The molecule has 0 saturated heterocycles. The van der Waals surface area contributed by atoms with Gasteiger partial charge in [-0.1, -0.05) is 48.5 Å². The SMILES string of the molecule is Fc1ccc(C(c2ccc3ccccc3c2)n2ccnc2)cc1. The quantitative estimate of drug-likeness (QED) is 0.531. The van der Waals surface area contributed by atoms with Gasteiger partial charge in [0.2, 0.25) is 0 Å². The molecule has 0 radical (unpaired) electrons. The summed E-state index contributed by atoms with van der Waals surface area (Å²) in [5.41, 5.74) is 2.17. The van der Waals surface area contributed by atoms with Gasteiger partial charge < -0.3 is 4.57 Å². The van der Waals surface area contributed by atoms with Crippen molar-refractivity contribution in [3.8, 4) is 0 Å². The Kier molecular flexibility index (Phi) is 3.39. The smallest absolute Gasteiger partial charge is 0.123 e. The zero-order valence-corrected chi connectivity index (χ0v) is 12.4. The summed E-state index contributed by atoms with van der Waals surface area (Å²) in [5, 5.41) is 2.40. The number of fused-ring (bicyclic) bond motifs is 1. The summed E-state index contributed by atoms with van der Waals surface area (Å²) in [7, 11) is 0. The summed E-state index contributed by atoms with van der Waals surface area (Å²) in [6, 6.07) is 21.3. The molecule has 2 nitrogen and oxygen atoms in total. The van der Waals surface area contributed by atoms with E-state index in [4.69, 9.17) is 0 Å². The fourth-order valence-electron chi connectivity index (χ4n) is 2.98. The van der Waals surface area contributed by atoms with Crippen molar-refractivity contribution < 1.29 is 4.39 Å². The van der Waals surface area contributed by atoms with Crippen LogP contribution in [0, 0.1) is 5.82 Å². The first-order valence-corrected chi connectivity index (χ1v) is 7.53. The van der Waals surface area contributed by atoms with E-state index in [0.717, 1.165) is 11.1 Å². The van der Waals surface area contributed by atoms with Gasteiger partial charge in [0.25, 0.3) is 0 Å². The third kappa shape index (κ3) is 2.61. The Morgan fingerprint density at radius 3 is 2.30 bits per heavy atom. The highest BCUT2D eigenvalue weighted by molar-refractivity contribution is 5.83. The third-order valence-corrected chi connectivity index (χ3v) is 4.10. The molecule has 0 bridgehead atoms. The molecule has 1 aromatic heterocycles. The van der Waals surface area contributed by atoms with Crippen LogP contribution in [0.5, 0.6) is 0 Å². The number of rotatable bonds is 3. The number of hydrogen-bond acceptors (Lipinski definition) is 1. The van der Waals surface area contributed by atoms with Crippen LogP contribution in [0.3, 0.4) is 0 Å². The predicted octanol–water partition coefficient (Wildman–Crippen LogP) is 4.81. The maximum absolute atomic E-state index is 13.3. The van der Waals surface area contributed by atoms with E-state index >= 15 is 0 Å². The normalized spacial score (nSPS) is 12.4. The molecule has 3 heteroatoms. The van der Waals surface area contributed by atoms with Crippen molar-refractivity contribution in [2.45, 2.75) is 6.04 Å². The molecule has 0 aliphatic carbocycles. The summed E-state index contributed by atoms with van der Waals surface area (Å²) in [6.45, 7) is 0. The molecular formula is C20H15FN2. The molecular weight excluding hydrogens is 287 g/mol. The van der Waals surface area contributed by atoms with Gasteiger partial charge in [-0.3, -0.25) is 0 Å². The summed E-state index contributed by atoms with van der Waals surface area (Å²) in [4.78, 5) is 4.16. The number of imidazole rings is 1. The van der Waals surface area contributed by atoms with Gasteiger partial charge in [0.05, 0.1) is 12.4 Å². The van der Waals surface area contributed by atoms with Crippen molar-refractivity contribution >= 4 is 10.8 Å². The van der Waals surface area contributed by atoms with Gasteiger partial charge in [-0.15, -0.1) is 0 Å². The minimum atomic E-state index is -0.225. The first-order chi connectivity index (χ1) is 11.3. The van der Waals surface area contributed by atoms with Crippen molar-refractivity contribution in [1.82, 2.24) is 9.55 Å². The first-order valence-electron chi connectivity index (χ1n) is 7.53. The minimum absolute atomic E-state index is 0.0253. The standard InChI is InChI=1S/C20H15FN2/c21-19-9-7-16(8-10-19)20(23-12-11-22-14-23)18-6-5-15-3-1-2-4-17(15)13-18/h1-14,20H. The molecule has 0 amide bonds. The molecule has 0 fully saturated rings. The molecule has 0 spiro atoms. The summed E-state index contributed by atoms with van der Waals surface area (Å²) >= 11 is 0. The lowest BCUT2D eigenvalue weighted by Crippen LogP contribution is -2.10. The van der Waals surface area contributed by atoms with Gasteiger partial charge in [0.1, 0.15) is 5.82 Å². The van der Waals surface area contributed by atoms with E-state index in [9.17, 15) is 4.39 Å². The lowest BCUT2D eigenvalue weighted by atomic mass is 9.96. The fourth-order valence-corrected chi connectivity index (χ4v) is 2.98. The highest BCUT2D eigenvalue weighted by Gasteiger charge is 2.16. The van der Waals surface area contributed by atoms with Crippen LogP contribution in [0.4, 0.5) is 4.39 Å². The largest absolute Gasteiger partial charge is 0.326 e. The second-order valence-electron chi connectivity index (χ2n) is 5.57. The molecule has 0 aliphatic heterocycles. The van der Waals surface area contributed by atoms with E-state index in [2.05, 4.69) is 35.3 Å². The maximum atomic E-state index is 13.3. The second kappa shape index (κ2) is 5.69. The van der Waals surface area contributed by atoms with E-state index in [1.54, 1.807) is 12.5 Å². The summed E-state index contributed by atoms with van der Waals surface area (Å²) in [5.74, 6) is -0.225. The molecule has 0 aliphatic rings. The van der Waals surface area contributed by atoms with Crippen LogP contribution in [0.25, 0.3) is 10.8 Å². The number of aromatic nitrogens is 2. The van der Waals surface area contributed by atoms with Gasteiger partial charge in [0.15, 0.2) is 0 Å². The van der Waals surface area contributed by atoms with Crippen LogP contribution in [-0.2, 0) is 0 Å². The van der Waals surface area contributed by atoms with Crippen molar-refractivity contribution in [2.24, 2.45) is 0 Å². The van der Waals surface area contributed by atoms with Crippen molar-refractivity contribution in [3.05, 3.63) is 102 Å². The summed E-state index contributed by atoms with van der Waals surface area (Å²) < 4.78 is 15.3. The Labute approximate surface area is 133 Å². The first kappa shape index (κ1) is 13.7. The van der Waals surface area contributed by atoms with Crippen LogP contribution in [0.1, 0.15) is 17.2 Å². The van der Waals surface area contributed by atoms with Gasteiger partial charge >= 0.3 is 0 Å². The van der Waals surface area contributed by atoms with Crippen LogP contribution in [0.15, 0.2) is 85.5 Å². The minimum Gasteiger partial charge on any atom is -0.326 e. The second-order valence-corrected chi connectivity index (χ2v) is 5.57. The van der Waals surface area contributed by atoms with Crippen molar-refractivity contribution in [2.75, 3.05) is 0 Å². The van der Waals surface area contributed by atoms with E-state index in [1.807, 2.05) is 35.0 Å². The lowest BCUT2D eigenvalue weighted by molar-refractivity contribution is 0.622. The van der Waals surface area contributed by atoms with Crippen LogP contribution >= 0.6 is 0 Å². The van der Waals surface area contributed by atoms with Gasteiger partial charge in [-0.25, -0.2) is 9.37 Å². The topological polar surface area (TPSA) is 17.8 Å². The molecule has 0 N–H and O–H groups in total. The summed E-state index contributed by atoms with van der Waals surface area (Å²) in [6.07, 6.45) is 5.49. The molecule has 1 atom stereocenters. The Morgan fingerprint density at radius 1 is 0.826 bits per heavy atom. The Bertz CT molecular complexity index is 927. The molecule has 1 unspecified atom stereocenters. The maximum Gasteiger partial charge on any atom is 0.123 e. The molecule has 3 aromatic carbocycles. The van der Waals surface area contributed by atoms with Gasteiger partial charge in [-0.2, -0.15) is 0 Å².